The van der Waals surface area contributed by atoms with E-state index >= 15 is 0 Å². The Morgan fingerprint density at radius 3 is 2.82 bits per heavy atom. The standard InChI is InChI=1S/C15H20N2/c1-15(2)11-6-7-13(15)14(9-11)17-10-12-5-3-4-8-16-12/h3-5,8,11,13H,6-7,9-10H2,1-2H3. The molecule has 0 spiro atoms. The van der Waals surface area contributed by atoms with Gasteiger partial charge < -0.3 is 0 Å². The van der Waals surface area contributed by atoms with E-state index in [0.29, 0.717) is 5.41 Å². The van der Waals surface area contributed by atoms with Crippen molar-refractivity contribution in [1.82, 2.24) is 4.98 Å². The molecule has 1 aromatic heterocycles. The third kappa shape index (κ3) is 1.80. The molecule has 0 N–H and O–H groups in total. The summed E-state index contributed by atoms with van der Waals surface area (Å²) in [4.78, 5) is 9.16. The van der Waals surface area contributed by atoms with Crippen molar-refractivity contribution in [1.29, 1.82) is 0 Å². The molecule has 0 aromatic carbocycles. The Morgan fingerprint density at radius 1 is 1.35 bits per heavy atom. The van der Waals surface area contributed by atoms with Crippen molar-refractivity contribution in [3.63, 3.8) is 0 Å². The number of hydrogen-bond acceptors (Lipinski definition) is 2. The lowest BCUT2D eigenvalue weighted by atomic mass is 9.82. The van der Waals surface area contributed by atoms with Crippen LogP contribution >= 0.6 is 0 Å². The maximum Gasteiger partial charge on any atom is 0.0811 e. The lowest BCUT2D eigenvalue weighted by molar-refractivity contribution is 0.270. The summed E-state index contributed by atoms with van der Waals surface area (Å²) in [6.07, 6.45) is 5.82. The van der Waals surface area contributed by atoms with Gasteiger partial charge in [-0.2, -0.15) is 0 Å². The Bertz CT molecular complexity index is 433. The molecule has 3 rings (SSSR count). The molecule has 2 atom stereocenters. The predicted molar refractivity (Wildman–Crippen MR) is 70.0 cm³/mol. The van der Waals surface area contributed by atoms with Crippen LogP contribution < -0.4 is 0 Å². The fraction of sp³-hybridized carbons (Fsp3) is 0.600. The van der Waals surface area contributed by atoms with Crippen LogP contribution in [0.5, 0.6) is 0 Å². The van der Waals surface area contributed by atoms with Crippen LogP contribution in [0.1, 0.15) is 38.8 Å². The first-order valence-corrected chi connectivity index (χ1v) is 6.61. The summed E-state index contributed by atoms with van der Waals surface area (Å²) in [6.45, 7) is 5.59. The van der Waals surface area contributed by atoms with E-state index in [-0.39, 0.29) is 0 Å². The Hall–Kier alpha value is -1.18. The topological polar surface area (TPSA) is 25.2 Å². The van der Waals surface area contributed by atoms with Gasteiger partial charge in [0, 0.05) is 17.8 Å². The molecule has 2 unspecified atom stereocenters. The SMILES string of the molecule is CC1(C)C2CCC1C(=NCc1ccccn1)C2. The molecule has 0 saturated heterocycles. The van der Waals surface area contributed by atoms with Gasteiger partial charge in [-0.05, 0) is 42.7 Å². The zero-order valence-corrected chi connectivity index (χ0v) is 10.7. The summed E-state index contributed by atoms with van der Waals surface area (Å²) >= 11 is 0. The number of fused-ring (bicyclic) bond motifs is 2. The summed E-state index contributed by atoms with van der Waals surface area (Å²) in [5.74, 6) is 1.60. The van der Waals surface area contributed by atoms with E-state index in [1.807, 2.05) is 18.3 Å². The van der Waals surface area contributed by atoms with Gasteiger partial charge >= 0.3 is 0 Å². The Labute approximate surface area is 103 Å². The van der Waals surface area contributed by atoms with Crippen molar-refractivity contribution < 1.29 is 0 Å². The fourth-order valence-electron chi connectivity index (χ4n) is 3.60. The molecular weight excluding hydrogens is 208 g/mol. The molecule has 0 radical (unpaired) electrons. The molecule has 90 valence electrons. The second kappa shape index (κ2) is 3.94. The first kappa shape index (κ1) is 10.9. The van der Waals surface area contributed by atoms with Gasteiger partial charge in [-0.15, -0.1) is 0 Å². The minimum atomic E-state index is 0.489. The lowest BCUT2D eigenvalue weighted by Crippen LogP contribution is -2.19. The maximum absolute atomic E-state index is 4.83. The first-order valence-electron chi connectivity index (χ1n) is 6.61. The van der Waals surface area contributed by atoms with Crippen LogP contribution in [0.2, 0.25) is 0 Å². The van der Waals surface area contributed by atoms with Crippen LogP contribution in [0.15, 0.2) is 29.4 Å². The van der Waals surface area contributed by atoms with Crippen LogP contribution in [-0.2, 0) is 6.54 Å². The van der Waals surface area contributed by atoms with Crippen LogP contribution in [-0.4, -0.2) is 10.7 Å². The van der Waals surface area contributed by atoms with Gasteiger partial charge in [0.15, 0.2) is 0 Å². The molecule has 2 aliphatic carbocycles. The minimum Gasteiger partial charge on any atom is -0.287 e. The van der Waals surface area contributed by atoms with Crippen LogP contribution in [0.25, 0.3) is 0 Å². The van der Waals surface area contributed by atoms with Crippen molar-refractivity contribution in [2.75, 3.05) is 0 Å². The third-order valence-electron chi connectivity index (χ3n) is 4.78. The maximum atomic E-state index is 4.83. The summed E-state index contributed by atoms with van der Waals surface area (Å²) in [5.41, 5.74) is 3.03. The Morgan fingerprint density at radius 2 is 2.24 bits per heavy atom. The lowest BCUT2D eigenvalue weighted by Gasteiger charge is -2.23. The second-order valence-corrected chi connectivity index (χ2v) is 5.98. The summed E-state index contributed by atoms with van der Waals surface area (Å²) in [5, 5.41) is 0. The van der Waals surface area contributed by atoms with Crippen LogP contribution in [0.3, 0.4) is 0 Å². The van der Waals surface area contributed by atoms with Gasteiger partial charge in [-0.25, -0.2) is 0 Å². The number of pyridine rings is 1. The molecule has 2 aliphatic rings. The van der Waals surface area contributed by atoms with Gasteiger partial charge in [-0.1, -0.05) is 19.9 Å². The molecule has 1 heterocycles. The third-order valence-corrected chi connectivity index (χ3v) is 4.78. The van der Waals surface area contributed by atoms with Gasteiger partial charge in [0.2, 0.25) is 0 Å². The molecule has 2 bridgehead atoms. The molecule has 17 heavy (non-hydrogen) atoms. The van der Waals surface area contributed by atoms with E-state index in [4.69, 9.17) is 4.99 Å². The van der Waals surface area contributed by atoms with E-state index in [9.17, 15) is 0 Å². The van der Waals surface area contributed by atoms with E-state index in [0.717, 1.165) is 24.1 Å². The summed E-state index contributed by atoms with van der Waals surface area (Å²) in [6, 6.07) is 6.05. The largest absolute Gasteiger partial charge is 0.287 e. The molecule has 2 saturated carbocycles. The number of rotatable bonds is 2. The average Bonchev–Trinajstić information content (AvgIpc) is 2.76. The van der Waals surface area contributed by atoms with Gasteiger partial charge in [0.25, 0.3) is 0 Å². The first-order chi connectivity index (χ1) is 8.18. The van der Waals surface area contributed by atoms with Crippen molar-refractivity contribution in [2.45, 2.75) is 39.7 Å². The zero-order valence-electron chi connectivity index (χ0n) is 10.7. The molecule has 2 nitrogen and oxygen atoms in total. The van der Waals surface area contributed by atoms with Crippen LogP contribution in [0, 0.1) is 17.3 Å². The molecule has 2 fully saturated rings. The molecule has 0 aliphatic heterocycles. The second-order valence-electron chi connectivity index (χ2n) is 5.98. The molecular formula is C15H20N2. The smallest absolute Gasteiger partial charge is 0.0811 e. The van der Waals surface area contributed by atoms with Crippen molar-refractivity contribution in [2.24, 2.45) is 22.2 Å². The van der Waals surface area contributed by atoms with E-state index in [1.165, 1.54) is 25.0 Å². The summed E-state index contributed by atoms with van der Waals surface area (Å²) < 4.78 is 0. The van der Waals surface area contributed by atoms with E-state index in [2.05, 4.69) is 24.9 Å². The van der Waals surface area contributed by atoms with Crippen molar-refractivity contribution in [3.05, 3.63) is 30.1 Å². The monoisotopic (exact) mass is 228 g/mol. The number of aliphatic imine (C=N–C) groups is 1. The fourth-order valence-corrected chi connectivity index (χ4v) is 3.60. The quantitative estimate of drug-likeness (QED) is 0.760. The average molecular weight is 228 g/mol. The zero-order chi connectivity index (χ0) is 11.9. The van der Waals surface area contributed by atoms with Crippen LogP contribution in [0.4, 0.5) is 0 Å². The van der Waals surface area contributed by atoms with Crippen molar-refractivity contribution in [3.8, 4) is 0 Å². The normalized spacial score (nSPS) is 32.2. The van der Waals surface area contributed by atoms with Gasteiger partial charge in [0.1, 0.15) is 0 Å². The predicted octanol–water partition coefficient (Wildman–Crippen LogP) is 3.48. The molecule has 0 amide bonds. The van der Waals surface area contributed by atoms with Gasteiger partial charge in [0.05, 0.1) is 12.2 Å². The number of aromatic nitrogens is 1. The highest BCUT2D eigenvalue weighted by Gasteiger charge is 2.51. The molecule has 2 heteroatoms. The highest BCUT2D eigenvalue weighted by molar-refractivity contribution is 5.91. The number of nitrogens with zero attached hydrogens (tertiary/aromatic N) is 2. The Balaban J connectivity index is 1.75. The number of hydrogen-bond donors (Lipinski definition) is 0. The summed E-state index contributed by atoms with van der Waals surface area (Å²) in [7, 11) is 0. The Kier molecular flexibility index (Phi) is 2.53. The van der Waals surface area contributed by atoms with E-state index in [1.54, 1.807) is 0 Å². The van der Waals surface area contributed by atoms with E-state index < -0.39 is 0 Å². The highest BCUT2D eigenvalue weighted by Crippen LogP contribution is 2.56. The minimum absolute atomic E-state index is 0.489. The highest BCUT2D eigenvalue weighted by atomic mass is 14.8. The van der Waals surface area contributed by atoms with Gasteiger partial charge in [-0.3, -0.25) is 9.98 Å². The molecule has 1 aromatic rings. The van der Waals surface area contributed by atoms with Crippen molar-refractivity contribution >= 4 is 5.71 Å².